The third-order valence-electron chi connectivity index (χ3n) is 3.39. The summed E-state index contributed by atoms with van der Waals surface area (Å²) in [6, 6.07) is 5.44. The molecule has 5 heteroatoms. The number of hydrogen-bond donors (Lipinski definition) is 1. The summed E-state index contributed by atoms with van der Waals surface area (Å²) in [4.78, 5) is 11.3. The zero-order valence-electron chi connectivity index (χ0n) is 12.4. The minimum absolute atomic E-state index is 0.130. The summed E-state index contributed by atoms with van der Waals surface area (Å²) in [5.41, 5.74) is 3.70. The van der Waals surface area contributed by atoms with Gasteiger partial charge in [0.2, 0.25) is 0 Å². The highest BCUT2D eigenvalue weighted by atomic mass is 16.5. The van der Waals surface area contributed by atoms with Crippen LogP contribution in [0.2, 0.25) is 0 Å². The van der Waals surface area contributed by atoms with Gasteiger partial charge < -0.3 is 9.84 Å². The third-order valence-corrected chi connectivity index (χ3v) is 3.39. The monoisotopic (exact) mass is 286 g/mol. The summed E-state index contributed by atoms with van der Waals surface area (Å²) in [7, 11) is 1.59. The van der Waals surface area contributed by atoms with E-state index in [4.69, 9.17) is 4.74 Å². The minimum Gasteiger partial charge on any atom is -0.496 e. The van der Waals surface area contributed by atoms with Gasteiger partial charge in [-0.25, -0.2) is 4.79 Å². The molecule has 1 heterocycles. The predicted octanol–water partition coefficient (Wildman–Crippen LogP) is 3.06. The van der Waals surface area contributed by atoms with Crippen LogP contribution in [0.25, 0.3) is 11.3 Å². The SMILES string of the molecule is C=CCn1nc(-c2cc(C)c(C)cc2OC)cc1C(=O)O. The standard InChI is InChI=1S/C16H18N2O3/c1-5-6-18-14(16(19)20)9-13(17-18)12-7-10(2)11(3)8-15(12)21-4/h5,7-9H,1,6H2,2-4H3,(H,19,20). The van der Waals surface area contributed by atoms with E-state index in [0.29, 0.717) is 18.0 Å². The quantitative estimate of drug-likeness (QED) is 0.858. The molecular weight excluding hydrogens is 268 g/mol. The van der Waals surface area contributed by atoms with Crippen LogP contribution in [0.15, 0.2) is 30.9 Å². The predicted molar refractivity (Wildman–Crippen MR) is 80.8 cm³/mol. The van der Waals surface area contributed by atoms with Gasteiger partial charge in [0.15, 0.2) is 0 Å². The lowest BCUT2D eigenvalue weighted by Gasteiger charge is -2.10. The van der Waals surface area contributed by atoms with Gasteiger partial charge in [-0.15, -0.1) is 6.58 Å². The van der Waals surface area contributed by atoms with Crippen molar-refractivity contribution in [3.05, 3.63) is 47.7 Å². The Morgan fingerprint density at radius 1 is 1.38 bits per heavy atom. The zero-order valence-corrected chi connectivity index (χ0v) is 12.4. The number of carboxylic acid groups (broad SMARTS) is 1. The molecule has 1 aromatic heterocycles. The van der Waals surface area contributed by atoms with Gasteiger partial charge in [0.1, 0.15) is 11.4 Å². The molecule has 0 radical (unpaired) electrons. The van der Waals surface area contributed by atoms with Gasteiger partial charge in [-0.05, 0) is 43.2 Å². The Morgan fingerprint density at radius 3 is 2.62 bits per heavy atom. The molecule has 0 spiro atoms. The molecule has 0 aliphatic heterocycles. The van der Waals surface area contributed by atoms with Crippen molar-refractivity contribution in [1.82, 2.24) is 9.78 Å². The van der Waals surface area contributed by atoms with Gasteiger partial charge in [-0.3, -0.25) is 4.68 Å². The number of carbonyl (C=O) groups is 1. The van der Waals surface area contributed by atoms with Crippen LogP contribution in [0.3, 0.4) is 0 Å². The lowest BCUT2D eigenvalue weighted by atomic mass is 10.0. The molecule has 2 aromatic rings. The number of methoxy groups -OCH3 is 1. The van der Waals surface area contributed by atoms with E-state index in [1.54, 1.807) is 19.3 Å². The largest absolute Gasteiger partial charge is 0.496 e. The van der Waals surface area contributed by atoms with Crippen molar-refractivity contribution >= 4 is 5.97 Å². The number of aryl methyl sites for hydroxylation is 2. The first-order valence-corrected chi connectivity index (χ1v) is 6.55. The highest BCUT2D eigenvalue weighted by Gasteiger charge is 2.17. The second-order valence-corrected chi connectivity index (χ2v) is 4.83. The van der Waals surface area contributed by atoms with E-state index in [1.165, 1.54) is 4.68 Å². The van der Waals surface area contributed by atoms with E-state index in [9.17, 15) is 9.90 Å². The fourth-order valence-electron chi connectivity index (χ4n) is 2.14. The van der Waals surface area contributed by atoms with Crippen LogP contribution in [0.1, 0.15) is 21.6 Å². The summed E-state index contributed by atoms with van der Waals surface area (Å²) >= 11 is 0. The van der Waals surface area contributed by atoms with E-state index >= 15 is 0 Å². The molecule has 0 aliphatic carbocycles. The van der Waals surface area contributed by atoms with Crippen LogP contribution in [-0.4, -0.2) is 28.0 Å². The first-order valence-electron chi connectivity index (χ1n) is 6.55. The maximum absolute atomic E-state index is 11.3. The molecule has 1 aromatic carbocycles. The van der Waals surface area contributed by atoms with E-state index in [2.05, 4.69) is 11.7 Å². The van der Waals surface area contributed by atoms with Gasteiger partial charge in [0.25, 0.3) is 0 Å². The average Bonchev–Trinajstić information content (AvgIpc) is 2.86. The third kappa shape index (κ3) is 2.81. The van der Waals surface area contributed by atoms with Crippen molar-refractivity contribution in [3.8, 4) is 17.0 Å². The molecule has 21 heavy (non-hydrogen) atoms. The van der Waals surface area contributed by atoms with Gasteiger partial charge in [-0.2, -0.15) is 5.10 Å². The molecule has 110 valence electrons. The molecule has 5 nitrogen and oxygen atoms in total. The Morgan fingerprint density at radius 2 is 2.05 bits per heavy atom. The van der Waals surface area contributed by atoms with Crippen molar-refractivity contribution in [2.24, 2.45) is 0 Å². The minimum atomic E-state index is -1.02. The Hall–Kier alpha value is -2.56. The molecule has 0 saturated heterocycles. The Bertz CT molecular complexity index is 702. The number of rotatable bonds is 5. The van der Waals surface area contributed by atoms with Crippen LogP contribution in [0.5, 0.6) is 5.75 Å². The number of aromatic carboxylic acids is 1. The Labute approximate surface area is 123 Å². The van der Waals surface area contributed by atoms with Crippen molar-refractivity contribution in [2.45, 2.75) is 20.4 Å². The summed E-state index contributed by atoms with van der Waals surface area (Å²) in [6.45, 7) is 7.96. The lowest BCUT2D eigenvalue weighted by Crippen LogP contribution is -2.08. The Kier molecular flexibility index (Phi) is 4.12. The average molecular weight is 286 g/mol. The second kappa shape index (κ2) is 5.83. The topological polar surface area (TPSA) is 64.4 Å². The molecule has 2 rings (SSSR count). The number of allylic oxidation sites excluding steroid dienone is 1. The van der Waals surface area contributed by atoms with Crippen LogP contribution >= 0.6 is 0 Å². The van der Waals surface area contributed by atoms with Gasteiger partial charge in [0, 0.05) is 5.56 Å². The number of carboxylic acids is 1. The number of ether oxygens (including phenoxy) is 1. The smallest absolute Gasteiger partial charge is 0.354 e. The molecule has 0 aliphatic rings. The van der Waals surface area contributed by atoms with E-state index in [1.807, 2.05) is 26.0 Å². The van der Waals surface area contributed by atoms with E-state index < -0.39 is 5.97 Å². The first-order chi connectivity index (χ1) is 9.97. The number of benzene rings is 1. The lowest BCUT2D eigenvalue weighted by molar-refractivity contribution is 0.0684. The van der Waals surface area contributed by atoms with Crippen molar-refractivity contribution < 1.29 is 14.6 Å². The maximum Gasteiger partial charge on any atom is 0.354 e. The Balaban J connectivity index is 2.61. The molecule has 1 N–H and O–H groups in total. The van der Waals surface area contributed by atoms with Crippen molar-refractivity contribution in [1.29, 1.82) is 0 Å². The van der Waals surface area contributed by atoms with Crippen LogP contribution in [0, 0.1) is 13.8 Å². The number of aromatic nitrogens is 2. The number of hydrogen-bond acceptors (Lipinski definition) is 3. The zero-order chi connectivity index (χ0) is 15.6. The van der Waals surface area contributed by atoms with Crippen LogP contribution in [-0.2, 0) is 6.54 Å². The van der Waals surface area contributed by atoms with Crippen LogP contribution in [0.4, 0.5) is 0 Å². The summed E-state index contributed by atoms with van der Waals surface area (Å²) in [5.74, 6) is -0.336. The molecular formula is C16H18N2O3. The first kappa shape index (κ1) is 14.8. The summed E-state index contributed by atoms with van der Waals surface area (Å²) in [5, 5.41) is 13.6. The molecule has 0 saturated carbocycles. The molecule has 0 bridgehead atoms. The second-order valence-electron chi connectivity index (χ2n) is 4.83. The van der Waals surface area contributed by atoms with E-state index in [0.717, 1.165) is 16.7 Å². The molecule has 0 amide bonds. The van der Waals surface area contributed by atoms with E-state index in [-0.39, 0.29) is 5.69 Å². The highest BCUT2D eigenvalue weighted by Crippen LogP contribution is 2.32. The summed E-state index contributed by atoms with van der Waals surface area (Å²) in [6.07, 6.45) is 1.61. The number of nitrogens with zero attached hydrogens (tertiary/aromatic N) is 2. The van der Waals surface area contributed by atoms with Gasteiger partial charge in [0.05, 0.1) is 19.3 Å². The highest BCUT2D eigenvalue weighted by molar-refractivity contribution is 5.87. The van der Waals surface area contributed by atoms with Gasteiger partial charge >= 0.3 is 5.97 Å². The van der Waals surface area contributed by atoms with Crippen molar-refractivity contribution in [2.75, 3.05) is 7.11 Å². The molecule has 0 unspecified atom stereocenters. The van der Waals surface area contributed by atoms with Crippen LogP contribution < -0.4 is 4.74 Å². The molecule has 0 fully saturated rings. The fraction of sp³-hybridized carbons (Fsp3) is 0.250. The molecule has 0 atom stereocenters. The maximum atomic E-state index is 11.3. The fourth-order valence-corrected chi connectivity index (χ4v) is 2.14. The van der Waals surface area contributed by atoms with Crippen molar-refractivity contribution in [3.63, 3.8) is 0 Å². The summed E-state index contributed by atoms with van der Waals surface area (Å²) < 4.78 is 6.80. The van der Waals surface area contributed by atoms with Gasteiger partial charge in [-0.1, -0.05) is 6.08 Å². The normalized spacial score (nSPS) is 10.4.